The van der Waals surface area contributed by atoms with Crippen molar-refractivity contribution in [3.05, 3.63) is 46.6 Å². The van der Waals surface area contributed by atoms with Gasteiger partial charge in [0.15, 0.2) is 0 Å². The lowest BCUT2D eigenvalue weighted by Gasteiger charge is -2.58. The summed E-state index contributed by atoms with van der Waals surface area (Å²) >= 11 is 0. The van der Waals surface area contributed by atoms with E-state index in [0.717, 1.165) is 31.1 Å². The SMILES string of the molecule is N/C(=C\c1c(N)[nH]c2c1CN(C1CCN(C3CC4(CNC4)C3)CC1)CC2)c1ccccc1O. The number of phenols is 1. The number of fused-ring (bicyclic) bond motifs is 1. The minimum Gasteiger partial charge on any atom is -0.507 e. The molecule has 33 heavy (non-hydrogen) atoms. The van der Waals surface area contributed by atoms with Gasteiger partial charge in [0.2, 0.25) is 0 Å². The van der Waals surface area contributed by atoms with Gasteiger partial charge < -0.3 is 31.8 Å². The maximum Gasteiger partial charge on any atom is 0.124 e. The van der Waals surface area contributed by atoms with Crippen LogP contribution in [-0.2, 0) is 13.0 Å². The highest BCUT2D eigenvalue weighted by atomic mass is 16.3. The van der Waals surface area contributed by atoms with Crippen LogP contribution >= 0.6 is 0 Å². The number of nitrogens with one attached hydrogen (secondary N) is 2. The molecule has 4 aliphatic rings. The Kier molecular flexibility index (Phi) is 5.16. The zero-order valence-corrected chi connectivity index (χ0v) is 19.3. The van der Waals surface area contributed by atoms with Gasteiger partial charge >= 0.3 is 0 Å². The summed E-state index contributed by atoms with van der Waals surface area (Å²) in [6, 6.07) is 8.63. The number of aromatic hydroxyl groups is 1. The number of hydrogen-bond donors (Lipinski definition) is 5. The fraction of sp³-hybridized carbons (Fsp3) is 0.538. The van der Waals surface area contributed by atoms with Gasteiger partial charge in [0.1, 0.15) is 11.6 Å². The zero-order valence-electron chi connectivity index (χ0n) is 19.3. The Labute approximate surface area is 195 Å². The molecule has 6 rings (SSSR count). The number of rotatable bonds is 4. The number of H-pyrrole nitrogens is 1. The molecule has 0 atom stereocenters. The van der Waals surface area contributed by atoms with Crippen LogP contribution in [0.3, 0.4) is 0 Å². The lowest BCUT2D eigenvalue weighted by atomic mass is 9.61. The van der Waals surface area contributed by atoms with Crippen molar-refractivity contribution in [2.45, 2.75) is 50.7 Å². The van der Waals surface area contributed by atoms with Gasteiger partial charge in [-0.3, -0.25) is 4.90 Å². The Balaban J connectivity index is 1.13. The van der Waals surface area contributed by atoms with Crippen LogP contribution in [0.15, 0.2) is 24.3 Å². The summed E-state index contributed by atoms with van der Waals surface area (Å²) in [4.78, 5) is 8.80. The number of phenolic OH excluding ortho intramolecular Hbond substituents is 1. The van der Waals surface area contributed by atoms with Crippen molar-refractivity contribution in [3.63, 3.8) is 0 Å². The molecule has 2 aromatic rings. The number of likely N-dealkylation sites (tertiary alicyclic amines) is 1. The average molecular weight is 449 g/mol. The summed E-state index contributed by atoms with van der Waals surface area (Å²) in [7, 11) is 0. The molecule has 1 spiro atoms. The molecule has 1 aromatic carbocycles. The van der Waals surface area contributed by atoms with Crippen LogP contribution in [0.1, 0.15) is 48.1 Å². The van der Waals surface area contributed by atoms with E-state index >= 15 is 0 Å². The third-order valence-corrected chi connectivity index (χ3v) is 8.66. The highest BCUT2D eigenvalue weighted by molar-refractivity contribution is 5.86. The number of para-hydroxylation sites is 1. The third kappa shape index (κ3) is 3.72. The van der Waals surface area contributed by atoms with E-state index in [1.165, 1.54) is 63.1 Å². The molecule has 0 radical (unpaired) electrons. The second-order valence-corrected chi connectivity index (χ2v) is 10.7. The van der Waals surface area contributed by atoms with Crippen LogP contribution in [0.5, 0.6) is 5.75 Å². The molecule has 7 heteroatoms. The summed E-state index contributed by atoms with van der Waals surface area (Å²) in [5.74, 6) is 0.855. The number of aromatic amines is 1. The fourth-order valence-electron chi connectivity index (χ4n) is 6.57. The highest BCUT2D eigenvalue weighted by Crippen LogP contribution is 2.47. The average Bonchev–Trinajstić information content (AvgIpc) is 3.07. The van der Waals surface area contributed by atoms with Gasteiger partial charge in [-0.15, -0.1) is 0 Å². The summed E-state index contributed by atoms with van der Waals surface area (Å²) in [5, 5.41) is 13.6. The molecule has 3 aliphatic heterocycles. The van der Waals surface area contributed by atoms with Crippen LogP contribution in [-0.4, -0.2) is 64.7 Å². The summed E-state index contributed by atoms with van der Waals surface area (Å²) in [6.45, 7) is 6.91. The predicted octanol–water partition coefficient (Wildman–Crippen LogP) is 2.33. The number of anilines is 1. The zero-order chi connectivity index (χ0) is 22.6. The van der Waals surface area contributed by atoms with E-state index in [9.17, 15) is 5.11 Å². The van der Waals surface area contributed by atoms with E-state index in [-0.39, 0.29) is 5.75 Å². The first-order valence-electron chi connectivity index (χ1n) is 12.4. The summed E-state index contributed by atoms with van der Waals surface area (Å²) < 4.78 is 0. The van der Waals surface area contributed by atoms with E-state index in [0.29, 0.717) is 28.5 Å². The van der Waals surface area contributed by atoms with Gasteiger partial charge in [-0.2, -0.15) is 0 Å². The molecule has 4 heterocycles. The van der Waals surface area contributed by atoms with Crippen LogP contribution in [0.4, 0.5) is 5.82 Å². The molecule has 3 fully saturated rings. The number of nitrogen functional groups attached to an aromatic ring is 1. The van der Waals surface area contributed by atoms with Crippen LogP contribution in [0.2, 0.25) is 0 Å². The lowest BCUT2D eigenvalue weighted by Crippen LogP contribution is -2.66. The van der Waals surface area contributed by atoms with Crippen molar-refractivity contribution < 1.29 is 5.11 Å². The number of piperidine rings is 1. The minimum atomic E-state index is 0.188. The quantitative estimate of drug-likeness (QED) is 0.492. The second-order valence-electron chi connectivity index (χ2n) is 10.7. The molecule has 176 valence electrons. The van der Waals surface area contributed by atoms with E-state index in [1.54, 1.807) is 12.1 Å². The van der Waals surface area contributed by atoms with Crippen LogP contribution in [0.25, 0.3) is 11.8 Å². The first-order chi connectivity index (χ1) is 16.0. The first-order valence-corrected chi connectivity index (χ1v) is 12.4. The molecule has 1 aliphatic carbocycles. The van der Waals surface area contributed by atoms with Crippen molar-refractivity contribution in [2.75, 3.05) is 38.5 Å². The number of benzene rings is 1. The van der Waals surface area contributed by atoms with Gasteiger partial charge in [0.05, 0.1) is 0 Å². The predicted molar refractivity (Wildman–Crippen MR) is 132 cm³/mol. The van der Waals surface area contributed by atoms with E-state index < -0.39 is 0 Å². The maximum atomic E-state index is 10.2. The van der Waals surface area contributed by atoms with Gasteiger partial charge in [-0.25, -0.2) is 0 Å². The van der Waals surface area contributed by atoms with Crippen molar-refractivity contribution >= 4 is 17.6 Å². The normalized spacial score (nSPS) is 24.4. The molecule has 1 aromatic heterocycles. The number of aromatic nitrogens is 1. The smallest absolute Gasteiger partial charge is 0.124 e. The van der Waals surface area contributed by atoms with Gasteiger partial charge in [-0.05, 0) is 68.0 Å². The van der Waals surface area contributed by atoms with E-state index in [1.807, 2.05) is 18.2 Å². The van der Waals surface area contributed by atoms with Crippen molar-refractivity contribution in [1.82, 2.24) is 20.1 Å². The molecule has 7 nitrogen and oxygen atoms in total. The maximum absolute atomic E-state index is 10.2. The lowest BCUT2D eigenvalue weighted by molar-refractivity contribution is -0.0504. The standard InChI is InChI=1S/C26H36N6O/c27-22(19-3-1-2-4-24(19)33)11-20-21-14-32(10-7-23(21)30-25(20)28)17-5-8-31(9-6-17)18-12-26(13-18)15-29-16-26/h1-4,11,17-18,29-30,33H,5-10,12-16,27-28H2/b22-11-. The molecule has 0 bridgehead atoms. The van der Waals surface area contributed by atoms with Gasteiger partial charge in [0.25, 0.3) is 0 Å². The highest BCUT2D eigenvalue weighted by Gasteiger charge is 2.50. The van der Waals surface area contributed by atoms with E-state index in [2.05, 4.69) is 20.1 Å². The van der Waals surface area contributed by atoms with Crippen LogP contribution in [0, 0.1) is 5.41 Å². The van der Waals surface area contributed by atoms with Crippen molar-refractivity contribution in [3.8, 4) is 5.75 Å². The third-order valence-electron chi connectivity index (χ3n) is 8.66. The van der Waals surface area contributed by atoms with Gasteiger partial charge in [-0.1, -0.05) is 12.1 Å². The Hall–Kier alpha value is -2.48. The van der Waals surface area contributed by atoms with E-state index in [4.69, 9.17) is 11.5 Å². The number of hydrogen-bond acceptors (Lipinski definition) is 6. The molecule has 7 N–H and O–H groups in total. The summed E-state index contributed by atoms with van der Waals surface area (Å²) in [6.07, 6.45) is 8.21. The number of nitrogens with two attached hydrogens (primary N) is 2. The monoisotopic (exact) mass is 448 g/mol. The Morgan fingerprint density at radius 1 is 1.06 bits per heavy atom. The Morgan fingerprint density at radius 2 is 1.82 bits per heavy atom. The number of nitrogens with zero attached hydrogens (tertiary/aromatic N) is 2. The molecule has 0 unspecified atom stereocenters. The Bertz CT molecular complexity index is 1050. The van der Waals surface area contributed by atoms with Crippen LogP contribution < -0.4 is 16.8 Å². The molecular formula is C26H36N6O. The fourth-order valence-corrected chi connectivity index (χ4v) is 6.57. The van der Waals surface area contributed by atoms with Gasteiger partial charge in [0, 0.05) is 67.2 Å². The topological polar surface area (TPSA) is 107 Å². The second kappa shape index (κ2) is 8.08. The largest absolute Gasteiger partial charge is 0.507 e. The first kappa shape index (κ1) is 21.1. The van der Waals surface area contributed by atoms with Crippen molar-refractivity contribution in [2.24, 2.45) is 11.1 Å². The molecule has 1 saturated carbocycles. The molecular weight excluding hydrogens is 412 g/mol. The van der Waals surface area contributed by atoms with Crippen molar-refractivity contribution in [1.29, 1.82) is 0 Å². The molecule has 2 saturated heterocycles. The minimum absolute atomic E-state index is 0.188. The Morgan fingerprint density at radius 3 is 2.52 bits per heavy atom. The molecule has 0 amide bonds. The summed E-state index contributed by atoms with van der Waals surface area (Å²) in [5.41, 5.74) is 18.0.